The lowest BCUT2D eigenvalue weighted by Crippen LogP contribution is -2.04. The second kappa shape index (κ2) is 5.50. The van der Waals surface area contributed by atoms with Gasteiger partial charge in [0.2, 0.25) is 0 Å². The SMILES string of the molecule is Cc1cc(C=O)ccc1OC(C)c1ccccc1. The number of carbonyl (C=O) groups excluding carboxylic acids is 1. The molecule has 0 fully saturated rings. The number of carbonyl (C=O) groups is 1. The van der Waals surface area contributed by atoms with Crippen LogP contribution in [0.2, 0.25) is 0 Å². The summed E-state index contributed by atoms with van der Waals surface area (Å²) in [5.41, 5.74) is 2.78. The standard InChI is InChI=1S/C16H16O2/c1-12-10-14(11-17)8-9-16(12)18-13(2)15-6-4-3-5-7-15/h3-11,13H,1-2H3. The average Bonchev–Trinajstić information content (AvgIpc) is 2.42. The molecule has 0 aromatic heterocycles. The van der Waals surface area contributed by atoms with Gasteiger partial charge in [-0.15, -0.1) is 0 Å². The maximum Gasteiger partial charge on any atom is 0.150 e. The van der Waals surface area contributed by atoms with Crippen LogP contribution in [0.3, 0.4) is 0 Å². The van der Waals surface area contributed by atoms with Gasteiger partial charge >= 0.3 is 0 Å². The molecule has 2 rings (SSSR count). The van der Waals surface area contributed by atoms with Crippen LogP contribution in [0.15, 0.2) is 48.5 Å². The van der Waals surface area contributed by atoms with Gasteiger partial charge in [-0.05, 0) is 43.2 Å². The molecule has 1 atom stereocenters. The van der Waals surface area contributed by atoms with Crippen molar-refractivity contribution in [2.75, 3.05) is 0 Å². The van der Waals surface area contributed by atoms with Gasteiger partial charge in [-0.1, -0.05) is 30.3 Å². The fraction of sp³-hybridized carbons (Fsp3) is 0.188. The first-order valence-electron chi connectivity index (χ1n) is 5.98. The van der Waals surface area contributed by atoms with Crippen molar-refractivity contribution in [2.24, 2.45) is 0 Å². The molecule has 0 N–H and O–H groups in total. The van der Waals surface area contributed by atoms with Crippen LogP contribution in [-0.2, 0) is 0 Å². The lowest BCUT2D eigenvalue weighted by atomic mass is 10.1. The first-order chi connectivity index (χ1) is 8.70. The van der Waals surface area contributed by atoms with Gasteiger partial charge in [0.15, 0.2) is 0 Å². The number of aldehydes is 1. The Bertz CT molecular complexity index is 532. The Hall–Kier alpha value is -2.09. The molecule has 0 heterocycles. The van der Waals surface area contributed by atoms with E-state index in [1.807, 2.05) is 56.3 Å². The second-order valence-corrected chi connectivity index (χ2v) is 4.31. The molecular weight excluding hydrogens is 224 g/mol. The van der Waals surface area contributed by atoms with Crippen molar-refractivity contribution in [3.05, 3.63) is 65.2 Å². The van der Waals surface area contributed by atoms with Crippen LogP contribution in [0.1, 0.15) is 34.5 Å². The topological polar surface area (TPSA) is 26.3 Å². The fourth-order valence-corrected chi connectivity index (χ4v) is 1.86. The third kappa shape index (κ3) is 2.77. The molecule has 0 aliphatic heterocycles. The fourth-order valence-electron chi connectivity index (χ4n) is 1.86. The minimum Gasteiger partial charge on any atom is -0.486 e. The third-order valence-electron chi connectivity index (χ3n) is 2.91. The van der Waals surface area contributed by atoms with Crippen molar-refractivity contribution in [1.29, 1.82) is 0 Å². The van der Waals surface area contributed by atoms with E-state index in [4.69, 9.17) is 4.74 Å². The first-order valence-corrected chi connectivity index (χ1v) is 5.98. The van der Waals surface area contributed by atoms with E-state index in [1.165, 1.54) is 0 Å². The molecule has 0 radical (unpaired) electrons. The molecule has 0 spiro atoms. The Morgan fingerprint density at radius 2 is 1.83 bits per heavy atom. The highest BCUT2D eigenvalue weighted by molar-refractivity contribution is 5.75. The quantitative estimate of drug-likeness (QED) is 0.756. The summed E-state index contributed by atoms with van der Waals surface area (Å²) in [7, 11) is 0. The van der Waals surface area contributed by atoms with Crippen molar-refractivity contribution >= 4 is 6.29 Å². The summed E-state index contributed by atoms with van der Waals surface area (Å²) in [6.45, 7) is 3.96. The molecule has 18 heavy (non-hydrogen) atoms. The maximum absolute atomic E-state index is 10.7. The number of hydrogen-bond donors (Lipinski definition) is 0. The molecule has 1 unspecified atom stereocenters. The lowest BCUT2D eigenvalue weighted by Gasteiger charge is -2.16. The molecule has 0 amide bonds. The summed E-state index contributed by atoms with van der Waals surface area (Å²) >= 11 is 0. The molecule has 2 aromatic rings. The zero-order valence-corrected chi connectivity index (χ0v) is 10.6. The zero-order valence-electron chi connectivity index (χ0n) is 10.6. The van der Waals surface area contributed by atoms with Gasteiger partial charge in [0.1, 0.15) is 18.1 Å². The number of aryl methyl sites for hydroxylation is 1. The minimum absolute atomic E-state index is 0.00742. The zero-order chi connectivity index (χ0) is 13.0. The first kappa shape index (κ1) is 12.4. The van der Waals surface area contributed by atoms with Crippen molar-refractivity contribution in [1.82, 2.24) is 0 Å². The Labute approximate surface area is 107 Å². The van der Waals surface area contributed by atoms with Gasteiger partial charge in [-0.25, -0.2) is 0 Å². The van der Waals surface area contributed by atoms with Gasteiger partial charge in [-0.2, -0.15) is 0 Å². The number of hydrogen-bond acceptors (Lipinski definition) is 2. The number of ether oxygens (including phenoxy) is 1. The van der Waals surface area contributed by atoms with Gasteiger partial charge < -0.3 is 4.74 Å². The van der Waals surface area contributed by atoms with E-state index < -0.39 is 0 Å². The van der Waals surface area contributed by atoms with Crippen LogP contribution in [0.5, 0.6) is 5.75 Å². The highest BCUT2D eigenvalue weighted by atomic mass is 16.5. The van der Waals surface area contributed by atoms with E-state index in [9.17, 15) is 4.79 Å². The van der Waals surface area contributed by atoms with E-state index in [-0.39, 0.29) is 6.10 Å². The number of rotatable bonds is 4. The molecule has 2 heteroatoms. The largest absolute Gasteiger partial charge is 0.486 e. The summed E-state index contributed by atoms with van der Waals surface area (Å²) in [6.07, 6.45) is 0.837. The normalized spacial score (nSPS) is 11.9. The van der Waals surface area contributed by atoms with Crippen LogP contribution in [-0.4, -0.2) is 6.29 Å². The van der Waals surface area contributed by atoms with Crippen LogP contribution >= 0.6 is 0 Å². The van der Waals surface area contributed by atoms with E-state index >= 15 is 0 Å². The molecule has 0 bridgehead atoms. The molecule has 2 aromatic carbocycles. The van der Waals surface area contributed by atoms with Gasteiger partial charge in [0.05, 0.1) is 0 Å². The summed E-state index contributed by atoms with van der Waals surface area (Å²) in [5.74, 6) is 0.817. The van der Waals surface area contributed by atoms with E-state index in [1.54, 1.807) is 6.07 Å². The third-order valence-corrected chi connectivity index (χ3v) is 2.91. The van der Waals surface area contributed by atoms with Gasteiger partial charge in [0.25, 0.3) is 0 Å². The van der Waals surface area contributed by atoms with Crippen molar-refractivity contribution < 1.29 is 9.53 Å². The van der Waals surface area contributed by atoms with E-state index in [0.29, 0.717) is 5.56 Å². The second-order valence-electron chi connectivity index (χ2n) is 4.31. The van der Waals surface area contributed by atoms with Gasteiger partial charge in [-0.3, -0.25) is 4.79 Å². The summed E-state index contributed by atoms with van der Waals surface area (Å²) < 4.78 is 5.91. The summed E-state index contributed by atoms with van der Waals surface area (Å²) in [5, 5.41) is 0. The van der Waals surface area contributed by atoms with Crippen LogP contribution in [0.25, 0.3) is 0 Å². The lowest BCUT2D eigenvalue weighted by molar-refractivity contribution is 0.112. The smallest absolute Gasteiger partial charge is 0.150 e. The van der Waals surface area contributed by atoms with Crippen molar-refractivity contribution in [2.45, 2.75) is 20.0 Å². The summed E-state index contributed by atoms with van der Waals surface area (Å²) in [4.78, 5) is 10.7. The molecule has 0 aliphatic rings. The predicted octanol–water partition coefficient (Wildman–Crippen LogP) is 3.95. The van der Waals surface area contributed by atoms with Crippen LogP contribution < -0.4 is 4.74 Å². The van der Waals surface area contributed by atoms with E-state index in [2.05, 4.69) is 0 Å². The predicted molar refractivity (Wildman–Crippen MR) is 72.1 cm³/mol. The van der Waals surface area contributed by atoms with Gasteiger partial charge in [0, 0.05) is 5.56 Å². The molecule has 0 aliphatic carbocycles. The molecule has 2 nitrogen and oxygen atoms in total. The van der Waals surface area contributed by atoms with E-state index in [0.717, 1.165) is 23.2 Å². The average molecular weight is 240 g/mol. The molecule has 92 valence electrons. The van der Waals surface area contributed by atoms with Crippen LogP contribution in [0.4, 0.5) is 0 Å². The molecular formula is C16H16O2. The van der Waals surface area contributed by atoms with Crippen LogP contribution in [0, 0.1) is 6.92 Å². The molecule has 0 saturated carbocycles. The monoisotopic (exact) mass is 240 g/mol. The van der Waals surface area contributed by atoms with Crippen molar-refractivity contribution in [3.63, 3.8) is 0 Å². The molecule has 0 saturated heterocycles. The van der Waals surface area contributed by atoms with Crippen molar-refractivity contribution in [3.8, 4) is 5.75 Å². The highest BCUT2D eigenvalue weighted by Crippen LogP contribution is 2.25. The minimum atomic E-state index is -0.00742. The highest BCUT2D eigenvalue weighted by Gasteiger charge is 2.08. The number of benzene rings is 2. The summed E-state index contributed by atoms with van der Waals surface area (Å²) in [6, 6.07) is 15.5. The Balaban J connectivity index is 2.17. The Morgan fingerprint density at radius 1 is 1.11 bits per heavy atom. The Morgan fingerprint density at radius 3 is 2.44 bits per heavy atom. The Kier molecular flexibility index (Phi) is 3.78. The maximum atomic E-state index is 10.7.